The monoisotopic (exact) mass is 727 g/mol. The Balaban J connectivity index is 1.54. The van der Waals surface area contributed by atoms with Gasteiger partial charge >= 0.3 is 0 Å². The lowest BCUT2D eigenvalue weighted by Gasteiger charge is -2.12. The highest BCUT2D eigenvalue weighted by molar-refractivity contribution is 6.43. The summed E-state index contributed by atoms with van der Waals surface area (Å²) in [4.78, 5) is 10.5. The van der Waals surface area contributed by atoms with Gasteiger partial charge in [-0.15, -0.1) is 0 Å². The molecule has 53 heavy (non-hydrogen) atoms. The Hall–Kier alpha value is -2.22. The van der Waals surface area contributed by atoms with Crippen molar-refractivity contribution in [1.29, 1.82) is 0 Å². The van der Waals surface area contributed by atoms with Crippen LogP contribution in [0.3, 0.4) is 0 Å². The number of rotatable bonds is 34. The lowest BCUT2D eigenvalue weighted by Crippen LogP contribution is -2.14. The maximum absolute atomic E-state index is 5.27. The summed E-state index contributed by atoms with van der Waals surface area (Å²) < 4.78 is 0. The highest BCUT2D eigenvalue weighted by atomic mass is 14.8. The molecule has 0 aliphatic carbocycles. The third kappa shape index (κ3) is 24.0. The van der Waals surface area contributed by atoms with Crippen LogP contribution in [-0.4, -0.2) is 11.4 Å². The summed E-state index contributed by atoms with van der Waals surface area (Å²) in [6.07, 6.45) is 43.0. The van der Waals surface area contributed by atoms with Crippen LogP contribution in [0.5, 0.6) is 0 Å². The number of aliphatic imine (C=N–C) groups is 2. The third-order valence-corrected chi connectivity index (χ3v) is 11.6. The molecule has 0 aliphatic heterocycles. The molecule has 0 amide bonds. The highest BCUT2D eigenvalue weighted by Crippen LogP contribution is 2.23. The van der Waals surface area contributed by atoms with E-state index in [9.17, 15) is 0 Å². The summed E-state index contributed by atoms with van der Waals surface area (Å²) >= 11 is 0. The van der Waals surface area contributed by atoms with Crippen molar-refractivity contribution < 1.29 is 0 Å². The Morgan fingerprint density at radius 3 is 0.868 bits per heavy atom. The Morgan fingerprint density at radius 1 is 0.321 bits per heavy atom. The Kier molecular flexibility index (Phi) is 28.4. The Morgan fingerprint density at radius 2 is 0.585 bits per heavy atom. The first kappa shape index (κ1) is 46.9. The van der Waals surface area contributed by atoms with E-state index in [2.05, 4.69) is 77.9 Å². The summed E-state index contributed by atoms with van der Waals surface area (Å²) in [6.45, 7) is 13.3. The van der Waals surface area contributed by atoms with E-state index in [4.69, 9.17) is 9.98 Å². The first-order valence-electron chi connectivity index (χ1n) is 23.2. The van der Waals surface area contributed by atoms with E-state index in [0.29, 0.717) is 0 Å². The van der Waals surface area contributed by atoms with Crippen LogP contribution in [0.2, 0.25) is 0 Å². The second-order valence-electron chi connectivity index (χ2n) is 16.7. The molecule has 0 unspecified atom stereocenters. The van der Waals surface area contributed by atoms with Gasteiger partial charge in [0.2, 0.25) is 0 Å². The molecule has 0 aliphatic rings. The fourth-order valence-corrected chi connectivity index (χ4v) is 7.56. The van der Waals surface area contributed by atoms with Gasteiger partial charge in [0.05, 0.1) is 22.8 Å². The van der Waals surface area contributed by atoms with Crippen molar-refractivity contribution in [1.82, 2.24) is 0 Å². The average Bonchev–Trinajstić information content (AvgIpc) is 3.15. The van der Waals surface area contributed by atoms with Crippen LogP contribution >= 0.6 is 0 Å². The second kappa shape index (κ2) is 32.1. The maximum Gasteiger partial charge on any atom is 0.0636 e. The van der Waals surface area contributed by atoms with Gasteiger partial charge in [-0.2, -0.15) is 0 Å². The molecule has 0 spiro atoms. The zero-order valence-corrected chi connectivity index (χ0v) is 36.3. The number of unbranched alkanes of at least 4 members (excludes halogenated alkanes) is 27. The molecule has 0 fully saturated rings. The van der Waals surface area contributed by atoms with E-state index >= 15 is 0 Å². The highest BCUT2D eigenvalue weighted by Gasteiger charge is 2.12. The topological polar surface area (TPSA) is 24.7 Å². The minimum Gasteiger partial charge on any atom is -0.252 e. The summed E-state index contributed by atoms with van der Waals surface area (Å²) in [5, 5.41) is 0. The molecule has 2 heteroatoms. The predicted octanol–water partition coefficient (Wildman–Crippen LogP) is 17.9. The molecule has 300 valence electrons. The fourth-order valence-electron chi connectivity index (χ4n) is 7.56. The van der Waals surface area contributed by atoms with Crippen LogP contribution in [0.1, 0.15) is 235 Å². The first-order valence-corrected chi connectivity index (χ1v) is 23.2. The van der Waals surface area contributed by atoms with Crippen molar-refractivity contribution in [3.8, 4) is 0 Å². The van der Waals surface area contributed by atoms with Crippen molar-refractivity contribution in [3.63, 3.8) is 0 Å². The van der Waals surface area contributed by atoms with Gasteiger partial charge in [0.15, 0.2) is 0 Å². The number of hydrogen-bond acceptors (Lipinski definition) is 2. The van der Waals surface area contributed by atoms with Crippen molar-refractivity contribution >= 4 is 22.8 Å². The number of benzene rings is 2. The molecule has 0 saturated carbocycles. The van der Waals surface area contributed by atoms with Gasteiger partial charge in [-0.05, 0) is 99.9 Å². The Bertz CT molecular complexity index is 1240. The summed E-state index contributed by atoms with van der Waals surface area (Å²) in [7, 11) is 0. The van der Waals surface area contributed by atoms with E-state index in [1.165, 1.54) is 213 Å². The number of aryl methyl sites for hydroxylation is 4. The zero-order valence-electron chi connectivity index (χ0n) is 36.3. The Labute approximate surface area is 331 Å². The lowest BCUT2D eigenvalue weighted by molar-refractivity contribution is 0.515. The van der Waals surface area contributed by atoms with Crippen molar-refractivity contribution in [2.75, 3.05) is 0 Å². The predicted molar refractivity (Wildman–Crippen MR) is 240 cm³/mol. The van der Waals surface area contributed by atoms with Crippen LogP contribution in [-0.2, 0) is 0 Å². The summed E-state index contributed by atoms with van der Waals surface area (Å²) in [5.74, 6) is 0. The van der Waals surface area contributed by atoms with Crippen molar-refractivity contribution in [2.24, 2.45) is 9.98 Å². The van der Waals surface area contributed by atoms with E-state index in [0.717, 1.165) is 30.6 Å². The summed E-state index contributed by atoms with van der Waals surface area (Å²) in [6, 6.07) is 13.2. The largest absolute Gasteiger partial charge is 0.252 e. The molecule has 0 saturated heterocycles. The van der Waals surface area contributed by atoms with Crippen LogP contribution in [0.15, 0.2) is 46.4 Å². The molecule has 0 heterocycles. The van der Waals surface area contributed by atoms with Gasteiger partial charge in [0, 0.05) is 0 Å². The first-order chi connectivity index (χ1) is 25.9. The van der Waals surface area contributed by atoms with E-state index in [1.807, 2.05) is 0 Å². The van der Waals surface area contributed by atoms with Crippen LogP contribution in [0.4, 0.5) is 11.4 Å². The third-order valence-electron chi connectivity index (χ3n) is 11.6. The van der Waals surface area contributed by atoms with Gasteiger partial charge in [-0.25, -0.2) is 0 Å². The quantitative estimate of drug-likeness (QED) is 0.0507. The van der Waals surface area contributed by atoms with Crippen molar-refractivity contribution in [2.45, 2.75) is 241 Å². The van der Waals surface area contributed by atoms with Crippen LogP contribution in [0, 0.1) is 27.7 Å². The minimum atomic E-state index is 0.993. The van der Waals surface area contributed by atoms with E-state index < -0.39 is 0 Å². The number of hydrogen-bond donors (Lipinski definition) is 0. The maximum atomic E-state index is 5.27. The molecular weight excluding hydrogens is 641 g/mol. The number of nitrogens with zero attached hydrogens (tertiary/aromatic N) is 2. The van der Waals surface area contributed by atoms with Crippen molar-refractivity contribution in [3.05, 3.63) is 58.7 Å². The van der Waals surface area contributed by atoms with E-state index in [-0.39, 0.29) is 0 Å². The lowest BCUT2D eigenvalue weighted by atomic mass is 10.00. The fraction of sp³-hybridized carbons (Fsp3) is 0.725. The molecule has 0 bridgehead atoms. The van der Waals surface area contributed by atoms with Crippen LogP contribution < -0.4 is 0 Å². The average molecular weight is 727 g/mol. The van der Waals surface area contributed by atoms with Gasteiger partial charge in [-0.3, -0.25) is 9.98 Å². The van der Waals surface area contributed by atoms with Gasteiger partial charge in [-0.1, -0.05) is 199 Å². The second-order valence-corrected chi connectivity index (χ2v) is 16.7. The zero-order chi connectivity index (χ0) is 38.2. The molecule has 0 radical (unpaired) electrons. The molecule has 0 N–H and O–H groups in total. The molecule has 0 aromatic heterocycles. The van der Waals surface area contributed by atoms with Gasteiger partial charge < -0.3 is 0 Å². The van der Waals surface area contributed by atoms with E-state index in [1.54, 1.807) is 0 Å². The summed E-state index contributed by atoms with van der Waals surface area (Å²) in [5.41, 5.74) is 9.77. The molecule has 2 aromatic carbocycles. The smallest absolute Gasteiger partial charge is 0.0636 e. The van der Waals surface area contributed by atoms with Gasteiger partial charge in [0.1, 0.15) is 0 Å². The van der Waals surface area contributed by atoms with Crippen LogP contribution in [0.25, 0.3) is 0 Å². The molecule has 2 rings (SSSR count). The molecule has 2 nitrogen and oxygen atoms in total. The molecule has 0 atom stereocenters. The normalized spacial score (nSPS) is 12.3. The SMILES string of the molecule is CCCCCCCCCCCCCCCCCCCCCCCCCCCCCC(=Nc1ccc(C)c(C)c1)C(CCCC)=Nc1ccc(C)c(C)c1. The van der Waals surface area contributed by atoms with Gasteiger partial charge in [0.25, 0.3) is 0 Å². The standard InChI is InChI=1S/C51H86N2/c1-7-9-11-12-13-14-15-16-17-18-19-20-21-22-23-24-25-26-27-28-29-30-31-32-33-34-35-37-51(53-49-41-39-45(4)47(6)43-49)50(36-10-8-2)52-48-40-38-44(3)46(5)42-48/h38-43H,7-37H2,1-6H3. The molecule has 2 aromatic rings. The minimum absolute atomic E-state index is 0.993. The molecular formula is C51H86N2.